The lowest BCUT2D eigenvalue weighted by Crippen LogP contribution is -2.18. The van der Waals surface area contributed by atoms with Gasteiger partial charge in [-0.25, -0.2) is 0 Å². The number of rotatable bonds is 5. The Bertz CT molecular complexity index is 363. The molecule has 98 valence electrons. The Morgan fingerprint density at radius 2 is 2.12 bits per heavy atom. The second-order valence-electron chi connectivity index (χ2n) is 4.15. The van der Waals surface area contributed by atoms with Crippen molar-refractivity contribution in [3.05, 3.63) is 16.4 Å². The van der Waals surface area contributed by atoms with E-state index in [1.165, 1.54) is 6.20 Å². The molecule has 1 heterocycles. The average molecular weight is 315 g/mol. The first-order valence-corrected chi connectivity index (χ1v) is 5.93. The molecule has 0 N–H and O–H groups in total. The fraction of sp³-hybridized carbons (Fsp3) is 0.700. The van der Waals surface area contributed by atoms with Crippen LogP contribution < -0.4 is 0 Å². The van der Waals surface area contributed by atoms with Gasteiger partial charge in [-0.05, 0) is 21.8 Å². The van der Waals surface area contributed by atoms with E-state index in [0.29, 0.717) is 22.7 Å². The maximum Gasteiger partial charge on any atom is 0.408 e. The lowest BCUT2D eigenvalue weighted by Gasteiger charge is -2.06. The monoisotopic (exact) mass is 314 g/mol. The quantitative estimate of drug-likeness (QED) is 0.833. The van der Waals surface area contributed by atoms with Crippen LogP contribution in [0.5, 0.6) is 0 Å². The molecule has 0 unspecified atom stereocenters. The third-order valence-electron chi connectivity index (χ3n) is 1.82. The Hall–Kier alpha value is -0.560. The van der Waals surface area contributed by atoms with Gasteiger partial charge in [0.15, 0.2) is 0 Å². The van der Waals surface area contributed by atoms with Crippen LogP contribution in [0.4, 0.5) is 13.2 Å². The van der Waals surface area contributed by atoms with Gasteiger partial charge in [0, 0.05) is 12.8 Å². The molecule has 0 spiro atoms. The van der Waals surface area contributed by atoms with Crippen LogP contribution in [0.3, 0.4) is 0 Å². The number of hydrogen-bond donors (Lipinski definition) is 0. The number of alkyl halides is 3. The molecule has 3 nitrogen and oxygen atoms in total. The van der Waals surface area contributed by atoms with Crippen LogP contribution >= 0.6 is 15.9 Å². The molecule has 7 heteroatoms. The summed E-state index contributed by atoms with van der Waals surface area (Å²) >= 11 is 3.16. The maximum atomic E-state index is 12.1. The fourth-order valence-electron chi connectivity index (χ4n) is 1.19. The Morgan fingerprint density at radius 3 is 2.65 bits per heavy atom. The molecule has 0 aliphatic heterocycles. The summed E-state index contributed by atoms with van der Waals surface area (Å²) in [5, 5.41) is 3.82. The van der Waals surface area contributed by atoms with Gasteiger partial charge >= 0.3 is 6.18 Å². The van der Waals surface area contributed by atoms with E-state index in [0.717, 1.165) is 4.68 Å². The van der Waals surface area contributed by atoms with Crippen molar-refractivity contribution in [1.82, 2.24) is 9.78 Å². The molecule has 0 aromatic carbocycles. The largest absolute Gasteiger partial charge is 0.408 e. The minimum absolute atomic E-state index is 0.212. The summed E-state index contributed by atoms with van der Waals surface area (Å²) < 4.78 is 43.1. The summed E-state index contributed by atoms with van der Waals surface area (Å²) in [5.74, 6) is 0.381. The predicted octanol–water partition coefficient (Wildman–Crippen LogP) is 3.38. The average Bonchev–Trinajstić information content (AvgIpc) is 2.42. The highest BCUT2D eigenvalue weighted by Gasteiger charge is 2.28. The van der Waals surface area contributed by atoms with Crippen molar-refractivity contribution in [2.24, 2.45) is 5.92 Å². The normalized spacial score (nSPS) is 12.4. The molecule has 0 saturated heterocycles. The second kappa shape index (κ2) is 5.86. The van der Waals surface area contributed by atoms with Crippen molar-refractivity contribution in [3.8, 4) is 0 Å². The van der Waals surface area contributed by atoms with Crippen LogP contribution in [0, 0.1) is 5.92 Å². The van der Waals surface area contributed by atoms with Crippen LogP contribution in [-0.4, -0.2) is 22.6 Å². The summed E-state index contributed by atoms with van der Waals surface area (Å²) in [6.07, 6.45) is -2.96. The topological polar surface area (TPSA) is 27.1 Å². The van der Waals surface area contributed by atoms with Gasteiger partial charge in [0.1, 0.15) is 12.2 Å². The molecule has 0 bridgehead atoms. The standard InChI is InChI=1S/C10H14BrF3N2O/c1-7(2)4-17-5-9-8(11)3-16(15-9)6-10(12,13)14/h3,7H,4-6H2,1-2H3. The van der Waals surface area contributed by atoms with E-state index in [9.17, 15) is 13.2 Å². The Morgan fingerprint density at radius 1 is 1.47 bits per heavy atom. The van der Waals surface area contributed by atoms with Crippen molar-refractivity contribution in [2.45, 2.75) is 33.2 Å². The molecular weight excluding hydrogens is 301 g/mol. The third kappa shape index (κ3) is 5.54. The predicted molar refractivity (Wildman–Crippen MR) is 60.5 cm³/mol. The molecule has 0 aliphatic carbocycles. The minimum atomic E-state index is -4.26. The molecule has 1 rings (SSSR count). The van der Waals surface area contributed by atoms with E-state index in [4.69, 9.17) is 4.74 Å². The van der Waals surface area contributed by atoms with Crippen molar-refractivity contribution < 1.29 is 17.9 Å². The summed E-state index contributed by atoms with van der Waals surface area (Å²) in [6.45, 7) is 3.67. The van der Waals surface area contributed by atoms with Gasteiger partial charge in [0.25, 0.3) is 0 Å². The second-order valence-corrected chi connectivity index (χ2v) is 5.00. The number of ether oxygens (including phenoxy) is 1. The Kier molecular flexibility index (Phi) is 5.00. The van der Waals surface area contributed by atoms with E-state index in [1.807, 2.05) is 13.8 Å². The Balaban J connectivity index is 2.56. The van der Waals surface area contributed by atoms with Gasteiger partial charge in [-0.15, -0.1) is 0 Å². The van der Waals surface area contributed by atoms with E-state index in [2.05, 4.69) is 21.0 Å². The van der Waals surface area contributed by atoms with Crippen LogP contribution in [0.15, 0.2) is 10.7 Å². The third-order valence-corrected chi connectivity index (χ3v) is 2.48. The SMILES string of the molecule is CC(C)COCc1nn(CC(F)(F)F)cc1Br. The first kappa shape index (κ1) is 14.5. The van der Waals surface area contributed by atoms with Crippen LogP contribution in [0.1, 0.15) is 19.5 Å². The zero-order valence-corrected chi connectivity index (χ0v) is 11.2. The lowest BCUT2D eigenvalue weighted by atomic mass is 10.2. The summed E-state index contributed by atoms with van der Waals surface area (Å²) in [5.41, 5.74) is 0.481. The van der Waals surface area contributed by atoms with Crippen molar-refractivity contribution in [1.29, 1.82) is 0 Å². The van der Waals surface area contributed by atoms with Gasteiger partial charge in [-0.3, -0.25) is 4.68 Å². The van der Waals surface area contributed by atoms with Crippen molar-refractivity contribution in [3.63, 3.8) is 0 Å². The maximum absolute atomic E-state index is 12.1. The highest BCUT2D eigenvalue weighted by Crippen LogP contribution is 2.21. The van der Waals surface area contributed by atoms with Crippen molar-refractivity contribution in [2.75, 3.05) is 6.61 Å². The van der Waals surface area contributed by atoms with Gasteiger partial charge < -0.3 is 4.74 Å². The van der Waals surface area contributed by atoms with Crippen molar-refractivity contribution >= 4 is 15.9 Å². The molecule has 0 saturated carbocycles. The minimum Gasteiger partial charge on any atom is -0.375 e. The Labute approximate surface area is 106 Å². The lowest BCUT2D eigenvalue weighted by molar-refractivity contribution is -0.142. The van der Waals surface area contributed by atoms with Gasteiger partial charge in [0.2, 0.25) is 0 Å². The number of nitrogens with zero attached hydrogens (tertiary/aromatic N) is 2. The molecule has 1 aromatic heterocycles. The number of hydrogen-bond acceptors (Lipinski definition) is 2. The van der Waals surface area contributed by atoms with Crippen LogP contribution in [-0.2, 0) is 17.9 Å². The van der Waals surface area contributed by atoms with Gasteiger partial charge in [-0.1, -0.05) is 13.8 Å². The molecule has 0 amide bonds. The van der Waals surface area contributed by atoms with E-state index < -0.39 is 12.7 Å². The van der Waals surface area contributed by atoms with Gasteiger partial charge in [0.05, 0.1) is 11.1 Å². The summed E-state index contributed by atoms with van der Waals surface area (Å²) in [4.78, 5) is 0. The molecular formula is C10H14BrF3N2O. The molecule has 0 aliphatic rings. The molecule has 1 aromatic rings. The molecule has 0 atom stereocenters. The molecule has 0 radical (unpaired) electrons. The summed E-state index contributed by atoms with van der Waals surface area (Å²) in [6, 6.07) is 0. The van der Waals surface area contributed by atoms with Gasteiger partial charge in [-0.2, -0.15) is 18.3 Å². The van der Waals surface area contributed by atoms with E-state index in [-0.39, 0.29) is 6.61 Å². The number of halogens is 4. The molecule has 0 fully saturated rings. The highest BCUT2D eigenvalue weighted by atomic mass is 79.9. The summed E-state index contributed by atoms with van der Waals surface area (Å²) in [7, 11) is 0. The number of aromatic nitrogens is 2. The van der Waals surface area contributed by atoms with E-state index >= 15 is 0 Å². The smallest absolute Gasteiger partial charge is 0.375 e. The van der Waals surface area contributed by atoms with E-state index in [1.54, 1.807) is 0 Å². The fourth-order valence-corrected chi connectivity index (χ4v) is 1.62. The first-order valence-electron chi connectivity index (χ1n) is 5.14. The highest BCUT2D eigenvalue weighted by molar-refractivity contribution is 9.10. The van der Waals surface area contributed by atoms with Crippen LogP contribution in [0.25, 0.3) is 0 Å². The zero-order valence-electron chi connectivity index (χ0n) is 9.59. The molecule has 17 heavy (non-hydrogen) atoms. The van der Waals surface area contributed by atoms with Crippen LogP contribution in [0.2, 0.25) is 0 Å². The zero-order chi connectivity index (χ0) is 13.1. The first-order chi connectivity index (χ1) is 7.78.